The van der Waals surface area contributed by atoms with E-state index in [4.69, 9.17) is 25.6 Å². The van der Waals surface area contributed by atoms with Gasteiger partial charge in [0.05, 0.1) is 16.7 Å². The quantitative estimate of drug-likeness (QED) is 0.459. The van der Waals surface area contributed by atoms with E-state index in [2.05, 4.69) is 10.3 Å². The maximum absolute atomic E-state index is 11.0. The number of aromatic nitrogens is 1. The van der Waals surface area contributed by atoms with Gasteiger partial charge in [-0.3, -0.25) is 0 Å². The lowest BCUT2D eigenvalue weighted by molar-refractivity contribution is 0.0460. The molecule has 0 bridgehead atoms. The van der Waals surface area contributed by atoms with Crippen molar-refractivity contribution in [3.8, 4) is 0 Å². The molecule has 0 saturated heterocycles. The number of carboxylic acid groups (broad SMARTS) is 1. The van der Waals surface area contributed by atoms with Crippen molar-refractivity contribution in [1.82, 2.24) is 10.3 Å². The minimum absolute atomic E-state index is 0.0921. The number of halogens is 1. The summed E-state index contributed by atoms with van der Waals surface area (Å²) < 4.78 is 12.7. The number of thiazole rings is 1. The zero-order chi connectivity index (χ0) is 22.5. The van der Waals surface area contributed by atoms with Crippen LogP contribution in [0.5, 0.6) is 0 Å². The summed E-state index contributed by atoms with van der Waals surface area (Å²) in [5.41, 5.74) is 0.791. The van der Waals surface area contributed by atoms with E-state index in [0.717, 1.165) is 10.6 Å². The second-order valence-corrected chi connectivity index (χ2v) is 13.3. The van der Waals surface area contributed by atoms with Crippen molar-refractivity contribution in [2.75, 3.05) is 6.54 Å². The molecule has 0 amide bonds. The first-order chi connectivity index (χ1) is 13.8. The number of nitrogens with one attached hydrogen (secondary N) is 1. The predicted octanol–water partition coefficient (Wildman–Crippen LogP) is 5.29. The highest BCUT2D eigenvalue weighted by Gasteiger charge is 2.34. The Morgan fingerprint density at radius 1 is 1.37 bits per heavy atom. The highest BCUT2D eigenvalue weighted by Crippen LogP contribution is 2.27. The summed E-state index contributed by atoms with van der Waals surface area (Å²) in [5.74, 6) is -1.00. The van der Waals surface area contributed by atoms with Gasteiger partial charge >= 0.3 is 14.5 Å². The van der Waals surface area contributed by atoms with Crippen LogP contribution in [0.2, 0.25) is 18.1 Å². The van der Waals surface area contributed by atoms with Crippen LogP contribution in [-0.2, 0) is 15.3 Å². The van der Waals surface area contributed by atoms with Gasteiger partial charge in [-0.1, -0.05) is 23.7 Å². The monoisotopic (exact) mass is 470 g/mol. The third-order valence-corrected chi connectivity index (χ3v) is 7.16. The van der Waals surface area contributed by atoms with Crippen molar-refractivity contribution in [2.24, 2.45) is 0 Å². The largest absolute Gasteiger partial charge is 0.476 e. The second kappa shape index (κ2) is 10.3. The van der Waals surface area contributed by atoms with E-state index in [1.807, 2.05) is 65.1 Å². The highest BCUT2D eigenvalue weighted by molar-refractivity contribution is 7.09. The third kappa shape index (κ3) is 8.45. The summed E-state index contributed by atoms with van der Waals surface area (Å²) in [7, 11) is -2.42. The minimum Gasteiger partial charge on any atom is -0.476 e. The van der Waals surface area contributed by atoms with Crippen molar-refractivity contribution in [3.63, 3.8) is 0 Å². The average Bonchev–Trinajstić information content (AvgIpc) is 3.05. The van der Waals surface area contributed by atoms with Crippen LogP contribution in [-0.4, -0.2) is 42.8 Å². The molecule has 9 heteroatoms. The molecule has 1 heterocycles. The zero-order valence-electron chi connectivity index (χ0n) is 18.4. The number of aromatic carboxylic acids is 1. The lowest BCUT2D eigenvalue weighted by Crippen LogP contribution is -2.45. The van der Waals surface area contributed by atoms with Crippen molar-refractivity contribution in [3.05, 3.63) is 50.9 Å². The molecular formula is C21H31ClN2O4SSi. The van der Waals surface area contributed by atoms with E-state index in [1.165, 1.54) is 11.3 Å². The van der Waals surface area contributed by atoms with E-state index < -0.39 is 14.5 Å². The molecule has 2 rings (SSSR count). The SMILES string of the molecule is CC(Cc1nc(C(=O)O)cs1)NC[C@H](O[Si](C)(C)OC(C)(C)C)c1cccc(Cl)c1. The van der Waals surface area contributed by atoms with E-state index in [1.54, 1.807) is 5.38 Å². The minimum atomic E-state index is -2.42. The molecule has 166 valence electrons. The predicted molar refractivity (Wildman–Crippen MR) is 124 cm³/mol. The van der Waals surface area contributed by atoms with Crippen LogP contribution in [0, 0.1) is 0 Å². The van der Waals surface area contributed by atoms with Crippen LogP contribution < -0.4 is 5.32 Å². The van der Waals surface area contributed by atoms with Gasteiger partial charge in [0.1, 0.15) is 0 Å². The molecule has 2 N–H and O–H groups in total. The second-order valence-electron chi connectivity index (χ2n) is 8.72. The first kappa shape index (κ1) is 25.0. The van der Waals surface area contributed by atoms with Crippen LogP contribution in [0.15, 0.2) is 29.6 Å². The smallest absolute Gasteiger partial charge is 0.355 e. The third-order valence-electron chi connectivity index (χ3n) is 4.10. The molecule has 0 saturated carbocycles. The highest BCUT2D eigenvalue weighted by atomic mass is 35.5. The fourth-order valence-electron chi connectivity index (χ4n) is 3.18. The Morgan fingerprint density at radius 2 is 2.07 bits per heavy atom. The number of nitrogens with zero attached hydrogens (tertiary/aromatic N) is 1. The molecule has 1 aromatic carbocycles. The average molecular weight is 471 g/mol. The molecule has 0 fully saturated rings. The van der Waals surface area contributed by atoms with Crippen LogP contribution in [0.4, 0.5) is 0 Å². The fraction of sp³-hybridized carbons (Fsp3) is 0.524. The molecule has 1 aromatic heterocycles. The van der Waals surface area contributed by atoms with Crippen LogP contribution >= 0.6 is 22.9 Å². The number of benzene rings is 1. The number of hydrogen-bond acceptors (Lipinski definition) is 6. The van der Waals surface area contributed by atoms with Gasteiger partial charge in [0, 0.05) is 29.4 Å². The van der Waals surface area contributed by atoms with Gasteiger partial charge in [-0.15, -0.1) is 11.3 Å². The molecule has 2 aromatic rings. The van der Waals surface area contributed by atoms with Crippen molar-refractivity contribution in [1.29, 1.82) is 0 Å². The molecule has 30 heavy (non-hydrogen) atoms. The van der Waals surface area contributed by atoms with Crippen LogP contribution in [0.3, 0.4) is 0 Å². The Labute approximate surface area is 188 Å². The van der Waals surface area contributed by atoms with Gasteiger partial charge in [-0.25, -0.2) is 9.78 Å². The Hall–Kier alpha value is -1.29. The first-order valence-electron chi connectivity index (χ1n) is 9.89. The van der Waals surface area contributed by atoms with Gasteiger partial charge < -0.3 is 19.3 Å². The molecule has 0 aliphatic carbocycles. The Balaban J connectivity index is 2.07. The summed E-state index contributed by atoms with van der Waals surface area (Å²) in [5, 5.41) is 15.6. The molecular weight excluding hydrogens is 440 g/mol. The summed E-state index contributed by atoms with van der Waals surface area (Å²) in [6.45, 7) is 12.8. The van der Waals surface area contributed by atoms with E-state index in [-0.39, 0.29) is 23.4 Å². The van der Waals surface area contributed by atoms with Gasteiger partial charge in [-0.2, -0.15) is 0 Å². The normalized spacial score (nSPS) is 14.5. The van der Waals surface area contributed by atoms with Crippen LogP contribution in [0.25, 0.3) is 0 Å². The van der Waals surface area contributed by atoms with Crippen molar-refractivity contribution >= 4 is 37.5 Å². The molecule has 0 aliphatic heterocycles. The van der Waals surface area contributed by atoms with Crippen molar-refractivity contribution < 1.29 is 18.8 Å². The van der Waals surface area contributed by atoms with Gasteiger partial charge in [0.25, 0.3) is 0 Å². The molecule has 2 atom stereocenters. The van der Waals surface area contributed by atoms with E-state index in [9.17, 15) is 4.79 Å². The molecule has 1 unspecified atom stereocenters. The maximum atomic E-state index is 11.0. The summed E-state index contributed by atoms with van der Waals surface area (Å²) in [4.78, 5) is 15.2. The van der Waals surface area contributed by atoms with Gasteiger partial charge in [0.2, 0.25) is 0 Å². The lowest BCUT2D eigenvalue weighted by atomic mass is 10.1. The number of rotatable bonds is 10. The summed E-state index contributed by atoms with van der Waals surface area (Å²) in [6.07, 6.45) is 0.417. The van der Waals surface area contributed by atoms with Gasteiger partial charge in [0.15, 0.2) is 5.69 Å². The molecule has 0 spiro atoms. The number of carboxylic acids is 1. The topological polar surface area (TPSA) is 80.7 Å². The Bertz CT molecular complexity index is 854. The standard InChI is InChI=1S/C21H31ClN2O4SSi/c1-14(10-19-24-17(13-29-19)20(25)26)23-12-18(15-8-7-9-16(22)11-15)27-30(5,6)28-21(2,3)4/h7-9,11,13-14,18,23H,10,12H2,1-6H3,(H,25,26)/t14?,18-/m0/s1. The molecule has 0 aliphatic rings. The first-order valence-corrected chi connectivity index (χ1v) is 14.0. The Kier molecular flexibility index (Phi) is 8.61. The maximum Gasteiger partial charge on any atom is 0.355 e. The Morgan fingerprint density at radius 3 is 2.63 bits per heavy atom. The van der Waals surface area contributed by atoms with Crippen LogP contribution in [0.1, 0.15) is 54.9 Å². The number of hydrogen-bond donors (Lipinski definition) is 2. The summed E-state index contributed by atoms with van der Waals surface area (Å²) >= 11 is 7.58. The fourth-order valence-corrected chi connectivity index (χ4v) is 6.71. The molecule has 6 nitrogen and oxygen atoms in total. The zero-order valence-corrected chi connectivity index (χ0v) is 20.9. The molecule has 0 radical (unpaired) electrons. The summed E-state index contributed by atoms with van der Waals surface area (Å²) in [6, 6.07) is 7.77. The van der Waals surface area contributed by atoms with Crippen molar-refractivity contribution in [2.45, 2.75) is 65.0 Å². The van der Waals surface area contributed by atoms with Gasteiger partial charge in [-0.05, 0) is 58.5 Å². The van der Waals surface area contributed by atoms with E-state index in [0.29, 0.717) is 18.0 Å². The lowest BCUT2D eigenvalue weighted by Gasteiger charge is -2.35. The van der Waals surface area contributed by atoms with E-state index >= 15 is 0 Å². The number of carbonyl (C=O) groups is 1.